The van der Waals surface area contributed by atoms with Crippen molar-refractivity contribution >= 4 is 27.6 Å². The monoisotopic (exact) mass is 399 g/mol. The predicted octanol–water partition coefficient (Wildman–Crippen LogP) is 4.85. The van der Waals surface area contributed by atoms with Gasteiger partial charge in [-0.2, -0.15) is 5.10 Å². The molecule has 0 amide bonds. The van der Waals surface area contributed by atoms with Gasteiger partial charge in [-0.05, 0) is 37.2 Å². The molecule has 0 bridgehead atoms. The molecule has 6 nitrogen and oxygen atoms in total. The van der Waals surface area contributed by atoms with E-state index in [0.717, 1.165) is 53.2 Å². The molecule has 150 valence electrons. The van der Waals surface area contributed by atoms with Gasteiger partial charge < -0.3 is 5.11 Å². The second kappa shape index (κ2) is 6.05. The van der Waals surface area contributed by atoms with E-state index >= 15 is 0 Å². The number of benzene rings is 2. The van der Waals surface area contributed by atoms with Crippen molar-refractivity contribution in [1.29, 1.82) is 0 Å². The minimum Gasteiger partial charge on any atom is -0.464 e. The van der Waals surface area contributed by atoms with Crippen LogP contribution in [0.2, 0.25) is 0 Å². The molecule has 2 heterocycles. The van der Waals surface area contributed by atoms with Crippen molar-refractivity contribution in [2.75, 3.05) is 0 Å². The Balaban J connectivity index is 1.26. The van der Waals surface area contributed by atoms with Gasteiger partial charge in [0.15, 0.2) is 0 Å². The third-order valence-electron chi connectivity index (χ3n) is 7.19. The van der Waals surface area contributed by atoms with Crippen molar-refractivity contribution in [2.24, 2.45) is 5.41 Å². The zero-order valence-corrected chi connectivity index (χ0v) is 16.3. The maximum absolute atomic E-state index is 12.1. The molecule has 0 saturated heterocycles. The van der Waals surface area contributed by atoms with Crippen molar-refractivity contribution in [1.82, 2.24) is 14.8 Å². The summed E-state index contributed by atoms with van der Waals surface area (Å²) in [6.45, 7) is 0. The molecule has 0 atom stereocenters. The summed E-state index contributed by atoms with van der Waals surface area (Å²) in [7, 11) is 0. The highest BCUT2D eigenvalue weighted by Crippen LogP contribution is 2.67. The van der Waals surface area contributed by atoms with Crippen LogP contribution in [0.25, 0.3) is 21.5 Å². The Labute approximate surface area is 172 Å². The van der Waals surface area contributed by atoms with Crippen LogP contribution in [-0.4, -0.2) is 26.0 Å². The molecule has 6 rings (SSSR count). The molecular weight excluding hydrogens is 378 g/mol. The van der Waals surface area contributed by atoms with Crippen molar-refractivity contribution in [3.63, 3.8) is 0 Å². The topological polar surface area (TPSA) is 88.0 Å². The van der Waals surface area contributed by atoms with E-state index in [9.17, 15) is 14.7 Å². The highest BCUT2D eigenvalue weighted by molar-refractivity contribution is 5.90. The molecule has 0 aliphatic heterocycles. The van der Waals surface area contributed by atoms with Crippen LogP contribution in [-0.2, 0) is 0 Å². The smallest absolute Gasteiger partial charge is 0.415 e. The lowest BCUT2D eigenvalue weighted by atomic mass is 9.47. The normalized spacial score (nSPS) is 25.3. The van der Waals surface area contributed by atoms with Gasteiger partial charge >= 0.3 is 6.09 Å². The summed E-state index contributed by atoms with van der Waals surface area (Å²) in [5.74, 6) is 0.609. The lowest BCUT2D eigenvalue weighted by molar-refractivity contribution is -0.0137. The number of carboxylic acid groups (broad SMARTS) is 1. The molecule has 2 aliphatic carbocycles. The van der Waals surface area contributed by atoms with Gasteiger partial charge in [0.2, 0.25) is 0 Å². The zero-order valence-electron chi connectivity index (χ0n) is 16.3. The summed E-state index contributed by atoms with van der Waals surface area (Å²) in [5.41, 5.74) is 2.04. The lowest BCUT2D eigenvalue weighted by Gasteiger charge is -2.58. The molecular formula is C24H21N3O3. The van der Waals surface area contributed by atoms with Crippen molar-refractivity contribution in [3.05, 3.63) is 76.5 Å². The number of nitrogens with zero attached hydrogens (tertiary/aromatic N) is 2. The van der Waals surface area contributed by atoms with Crippen molar-refractivity contribution in [3.8, 4) is 0 Å². The predicted molar refractivity (Wildman–Crippen MR) is 114 cm³/mol. The molecule has 30 heavy (non-hydrogen) atoms. The average Bonchev–Trinajstić information content (AvgIpc) is 3.07. The van der Waals surface area contributed by atoms with Gasteiger partial charge in [-0.1, -0.05) is 42.5 Å². The Morgan fingerprint density at radius 2 is 1.60 bits per heavy atom. The largest absolute Gasteiger partial charge is 0.464 e. The minimum absolute atomic E-state index is 0.145. The molecule has 2 fully saturated rings. The van der Waals surface area contributed by atoms with E-state index in [1.807, 2.05) is 48.5 Å². The molecule has 2 N–H and O–H groups in total. The second-order valence-corrected chi connectivity index (χ2v) is 8.95. The number of aromatic nitrogens is 3. The average molecular weight is 399 g/mol. The van der Waals surface area contributed by atoms with Gasteiger partial charge in [0.05, 0.1) is 11.1 Å². The van der Waals surface area contributed by atoms with E-state index in [4.69, 9.17) is 0 Å². The standard InChI is InChI=1S/C24H21N3O3/c28-22-19-8-4-3-7-18(19)20(25-26-22)15-9-24(10-15)11-16(12-24)21-17-6-2-1-5-14(17)13-27(21)23(29)30/h1-8,13,15-16H,9-12H2,(H,26,28)(H,29,30). The Morgan fingerprint density at radius 3 is 2.33 bits per heavy atom. The van der Waals surface area contributed by atoms with Gasteiger partial charge in [0.1, 0.15) is 0 Å². The summed E-state index contributed by atoms with van der Waals surface area (Å²) in [4.78, 5) is 23.9. The Morgan fingerprint density at radius 1 is 0.967 bits per heavy atom. The summed E-state index contributed by atoms with van der Waals surface area (Å²) in [5, 5.41) is 20.4. The highest BCUT2D eigenvalue weighted by Gasteiger charge is 2.55. The van der Waals surface area contributed by atoms with Crippen molar-refractivity contribution < 1.29 is 9.90 Å². The van der Waals surface area contributed by atoms with Gasteiger partial charge in [-0.15, -0.1) is 0 Å². The number of carbonyl (C=O) groups is 1. The molecule has 2 aromatic carbocycles. The van der Waals surface area contributed by atoms with E-state index < -0.39 is 6.09 Å². The first-order valence-electron chi connectivity index (χ1n) is 10.4. The van der Waals surface area contributed by atoms with Crippen LogP contribution in [0.4, 0.5) is 4.79 Å². The number of aromatic amines is 1. The van der Waals surface area contributed by atoms with E-state index in [0.29, 0.717) is 11.3 Å². The molecule has 1 spiro atoms. The number of rotatable bonds is 2. The molecule has 4 aromatic rings. The van der Waals surface area contributed by atoms with Gasteiger partial charge in [0.25, 0.3) is 5.56 Å². The SMILES string of the molecule is O=C(O)n1cc2ccccc2c1C1CC2(CC(c3n[nH]c(=O)c4ccccc34)C2)C1. The molecule has 6 heteroatoms. The highest BCUT2D eigenvalue weighted by atomic mass is 16.4. The Hall–Kier alpha value is -3.41. The van der Waals surface area contributed by atoms with Crippen LogP contribution in [0.3, 0.4) is 0 Å². The van der Waals surface area contributed by atoms with Crippen LogP contribution in [0.1, 0.15) is 48.9 Å². The van der Waals surface area contributed by atoms with Crippen LogP contribution < -0.4 is 5.56 Å². The fourth-order valence-electron chi connectivity index (χ4n) is 5.89. The zero-order chi connectivity index (χ0) is 20.5. The number of fused-ring (bicyclic) bond motifs is 2. The van der Waals surface area contributed by atoms with E-state index in [-0.39, 0.29) is 16.9 Å². The van der Waals surface area contributed by atoms with E-state index in [2.05, 4.69) is 10.2 Å². The van der Waals surface area contributed by atoms with Crippen LogP contribution >= 0.6 is 0 Å². The number of H-pyrrole nitrogens is 1. The first-order chi connectivity index (χ1) is 14.5. The fourth-order valence-corrected chi connectivity index (χ4v) is 5.89. The first-order valence-corrected chi connectivity index (χ1v) is 10.4. The molecule has 2 saturated carbocycles. The number of nitrogens with one attached hydrogen (secondary N) is 1. The lowest BCUT2D eigenvalue weighted by Crippen LogP contribution is -2.46. The van der Waals surface area contributed by atoms with Gasteiger partial charge in [-0.3, -0.25) is 9.36 Å². The van der Waals surface area contributed by atoms with Crippen LogP contribution in [0, 0.1) is 5.41 Å². The number of hydrogen-bond donors (Lipinski definition) is 2. The van der Waals surface area contributed by atoms with Gasteiger partial charge in [-0.25, -0.2) is 9.89 Å². The Kier molecular flexibility index (Phi) is 3.52. The molecule has 0 radical (unpaired) electrons. The summed E-state index contributed by atoms with van der Waals surface area (Å²) < 4.78 is 1.41. The molecule has 2 aromatic heterocycles. The third kappa shape index (κ3) is 2.39. The maximum Gasteiger partial charge on any atom is 0.415 e. The van der Waals surface area contributed by atoms with Crippen LogP contribution in [0.15, 0.2) is 59.5 Å². The van der Waals surface area contributed by atoms with E-state index in [1.54, 1.807) is 6.20 Å². The maximum atomic E-state index is 12.1. The Bertz CT molecular complexity index is 1370. The second-order valence-electron chi connectivity index (χ2n) is 8.95. The molecule has 0 unspecified atom stereocenters. The quantitative estimate of drug-likeness (QED) is 0.505. The molecule has 2 aliphatic rings. The third-order valence-corrected chi connectivity index (χ3v) is 7.19. The van der Waals surface area contributed by atoms with Crippen molar-refractivity contribution in [2.45, 2.75) is 37.5 Å². The fraction of sp³-hybridized carbons (Fsp3) is 0.292. The van der Waals surface area contributed by atoms with Crippen LogP contribution in [0.5, 0.6) is 0 Å². The summed E-state index contributed by atoms with van der Waals surface area (Å²) in [6, 6.07) is 15.6. The first kappa shape index (κ1) is 17.4. The number of hydrogen-bond acceptors (Lipinski definition) is 3. The summed E-state index contributed by atoms with van der Waals surface area (Å²) in [6.07, 6.45) is 4.91. The van der Waals surface area contributed by atoms with E-state index in [1.165, 1.54) is 4.57 Å². The van der Waals surface area contributed by atoms with Gasteiger partial charge in [0, 0.05) is 39.9 Å². The summed E-state index contributed by atoms with van der Waals surface area (Å²) >= 11 is 0. The minimum atomic E-state index is -0.919.